The highest BCUT2D eigenvalue weighted by atomic mass is 15.3. The van der Waals surface area contributed by atoms with E-state index in [0.717, 1.165) is 17.9 Å². The Morgan fingerprint density at radius 1 is 1.19 bits per heavy atom. The second kappa shape index (κ2) is 5.65. The van der Waals surface area contributed by atoms with Gasteiger partial charge in [0.1, 0.15) is 18.0 Å². The van der Waals surface area contributed by atoms with E-state index in [0.29, 0.717) is 17.7 Å². The highest BCUT2D eigenvalue weighted by Crippen LogP contribution is 2.27. The number of nitrogens with two attached hydrogens (primary N) is 1. The van der Waals surface area contributed by atoms with Gasteiger partial charge in [0, 0.05) is 12.1 Å². The Labute approximate surface area is 96.8 Å². The molecule has 0 aromatic carbocycles. The summed E-state index contributed by atoms with van der Waals surface area (Å²) in [5.74, 6) is 7.90. The first kappa shape index (κ1) is 12.7. The summed E-state index contributed by atoms with van der Waals surface area (Å²) in [7, 11) is 0. The molecule has 0 saturated carbocycles. The molecule has 1 aromatic heterocycles. The van der Waals surface area contributed by atoms with Crippen molar-refractivity contribution < 1.29 is 0 Å². The van der Waals surface area contributed by atoms with Crippen LogP contribution in [-0.2, 0) is 0 Å². The van der Waals surface area contributed by atoms with Gasteiger partial charge in [-0.05, 0) is 11.8 Å². The molecule has 0 amide bonds. The molecule has 0 bridgehead atoms. The highest BCUT2D eigenvalue weighted by Gasteiger charge is 2.14. The van der Waals surface area contributed by atoms with Crippen molar-refractivity contribution in [3.8, 4) is 0 Å². The molecule has 1 heterocycles. The first-order valence-electron chi connectivity index (χ1n) is 5.61. The van der Waals surface area contributed by atoms with Crippen molar-refractivity contribution in [1.29, 1.82) is 0 Å². The maximum atomic E-state index is 5.45. The Hall–Kier alpha value is -1.36. The van der Waals surface area contributed by atoms with E-state index in [1.165, 1.54) is 6.33 Å². The SMILES string of the molecule is CC(C)CNc1ncnc(NN)c1C(C)C. The Morgan fingerprint density at radius 2 is 1.81 bits per heavy atom. The summed E-state index contributed by atoms with van der Waals surface area (Å²) in [6.45, 7) is 9.40. The molecule has 0 aliphatic rings. The Morgan fingerprint density at radius 3 is 2.31 bits per heavy atom. The molecule has 0 saturated heterocycles. The zero-order chi connectivity index (χ0) is 12.1. The van der Waals surface area contributed by atoms with Crippen LogP contribution in [0.2, 0.25) is 0 Å². The lowest BCUT2D eigenvalue weighted by atomic mass is 10.0. The highest BCUT2D eigenvalue weighted by molar-refractivity contribution is 5.58. The monoisotopic (exact) mass is 223 g/mol. The minimum atomic E-state index is 0.321. The normalized spacial score (nSPS) is 10.9. The molecule has 0 aliphatic heterocycles. The number of rotatable bonds is 5. The summed E-state index contributed by atoms with van der Waals surface area (Å²) < 4.78 is 0. The molecule has 4 N–H and O–H groups in total. The quantitative estimate of drug-likeness (QED) is 0.525. The van der Waals surface area contributed by atoms with Crippen LogP contribution in [0.5, 0.6) is 0 Å². The summed E-state index contributed by atoms with van der Waals surface area (Å²) in [6.07, 6.45) is 1.52. The topological polar surface area (TPSA) is 75.9 Å². The van der Waals surface area contributed by atoms with Gasteiger partial charge in [-0.2, -0.15) is 0 Å². The average Bonchev–Trinajstić information content (AvgIpc) is 2.25. The zero-order valence-corrected chi connectivity index (χ0v) is 10.4. The summed E-state index contributed by atoms with van der Waals surface area (Å²) >= 11 is 0. The summed E-state index contributed by atoms with van der Waals surface area (Å²) in [5, 5.41) is 3.32. The lowest BCUT2D eigenvalue weighted by Gasteiger charge is -2.17. The molecule has 1 rings (SSSR count). The second-order valence-electron chi connectivity index (χ2n) is 4.56. The Balaban J connectivity index is 2.97. The van der Waals surface area contributed by atoms with E-state index in [4.69, 9.17) is 5.84 Å². The van der Waals surface area contributed by atoms with Crippen molar-refractivity contribution in [2.75, 3.05) is 17.3 Å². The number of nitrogen functional groups attached to an aromatic ring is 1. The number of hydrogen-bond donors (Lipinski definition) is 3. The lowest BCUT2D eigenvalue weighted by Crippen LogP contribution is -2.16. The predicted molar refractivity (Wildman–Crippen MR) is 67.3 cm³/mol. The van der Waals surface area contributed by atoms with Gasteiger partial charge in [-0.1, -0.05) is 27.7 Å². The molecule has 5 heteroatoms. The van der Waals surface area contributed by atoms with Crippen molar-refractivity contribution in [2.45, 2.75) is 33.6 Å². The molecule has 0 radical (unpaired) electrons. The third kappa shape index (κ3) is 3.06. The Bertz CT molecular complexity index is 335. The summed E-state index contributed by atoms with van der Waals surface area (Å²) in [6, 6.07) is 0. The number of anilines is 2. The van der Waals surface area contributed by atoms with Crippen molar-refractivity contribution in [3.63, 3.8) is 0 Å². The number of aromatic nitrogens is 2. The van der Waals surface area contributed by atoms with Crippen molar-refractivity contribution in [3.05, 3.63) is 11.9 Å². The molecule has 0 atom stereocenters. The molecular formula is C11H21N5. The number of hydrazine groups is 1. The van der Waals surface area contributed by atoms with E-state index >= 15 is 0 Å². The third-order valence-electron chi connectivity index (χ3n) is 2.28. The molecule has 1 aromatic rings. The van der Waals surface area contributed by atoms with Crippen LogP contribution in [0.25, 0.3) is 0 Å². The maximum absolute atomic E-state index is 5.45. The van der Waals surface area contributed by atoms with Gasteiger partial charge >= 0.3 is 0 Å². The first-order chi connectivity index (χ1) is 7.56. The van der Waals surface area contributed by atoms with Gasteiger partial charge in [0.25, 0.3) is 0 Å². The van der Waals surface area contributed by atoms with Crippen LogP contribution in [0.3, 0.4) is 0 Å². The molecule has 5 nitrogen and oxygen atoms in total. The van der Waals surface area contributed by atoms with E-state index in [9.17, 15) is 0 Å². The molecule has 0 spiro atoms. The minimum absolute atomic E-state index is 0.321. The second-order valence-corrected chi connectivity index (χ2v) is 4.56. The average molecular weight is 223 g/mol. The largest absolute Gasteiger partial charge is 0.369 e. The van der Waals surface area contributed by atoms with Gasteiger partial charge < -0.3 is 10.7 Å². The van der Waals surface area contributed by atoms with Crippen molar-refractivity contribution >= 4 is 11.6 Å². The predicted octanol–water partition coefficient (Wildman–Crippen LogP) is 1.95. The first-order valence-corrected chi connectivity index (χ1v) is 5.61. The van der Waals surface area contributed by atoms with E-state index in [2.05, 4.69) is 48.4 Å². The van der Waals surface area contributed by atoms with Gasteiger partial charge in [-0.25, -0.2) is 15.8 Å². The fraction of sp³-hybridized carbons (Fsp3) is 0.636. The third-order valence-corrected chi connectivity index (χ3v) is 2.28. The van der Waals surface area contributed by atoms with Crippen LogP contribution in [0.1, 0.15) is 39.2 Å². The van der Waals surface area contributed by atoms with Crippen molar-refractivity contribution in [1.82, 2.24) is 9.97 Å². The van der Waals surface area contributed by atoms with E-state index < -0.39 is 0 Å². The molecular weight excluding hydrogens is 202 g/mol. The van der Waals surface area contributed by atoms with Gasteiger partial charge in [0.2, 0.25) is 0 Å². The molecule has 0 unspecified atom stereocenters. The van der Waals surface area contributed by atoms with Crippen molar-refractivity contribution in [2.24, 2.45) is 11.8 Å². The van der Waals surface area contributed by atoms with Crippen LogP contribution in [0, 0.1) is 5.92 Å². The number of hydrogen-bond acceptors (Lipinski definition) is 5. The molecule has 0 fully saturated rings. The van der Waals surface area contributed by atoms with E-state index in [1.54, 1.807) is 0 Å². The Kier molecular flexibility index (Phi) is 4.49. The van der Waals surface area contributed by atoms with Gasteiger partial charge in [-0.3, -0.25) is 0 Å². The van der Waals surface area contributed by atoms with Crippen LogP contribution >= 0.6 is 0 Å². The zero-order valence-electron chi connectivity index (χ0n) is 10.4. The summed E-state index contributed by atoms with van der Waals surface area (Å²) in [4.78, 5) is 8.38. The number of nitrogens with zero attached hydrogens (tertiary/aromatic N) is 2. The minimum Gasteiger partial charge on any atom is -0.369 e. The molecule has 0 aliphatic carbocycles. The summed E-state index contributed by atoms with van der Waals surface area (Å²) in [5.41, 5.74) is 3.65. The van der Waals surface area contributed by atoms with Crippen LogP contribution in [0.15, 0.2) is 6.33 Å². The van der Waals surface area contributed by atoms with Crippen LogP contribution < -0.4 is 16.6 Å². The maximum Gasteiger partial charge on any atom is 0.148 e. The van der Waals surface area contributed by atoms with Gasteiger partial charge in [0.05, 0.1) is 0 Å². The van der Waals surface area contributed by atoms with Gasteiger partial charge in [0.15, 0.2) is 0 Å². The fourth-order valence-corrected chi connectivity index (χ4v) is 1.50. The van der Waals surface area contributed by atoms with Crippen LogP contribution in [0.4, 0.5) is 11.6 Å². The molecule has 90 valence electrons. The standard InChI is InChI=1S/C11H21N5/c1-7(2)5-13-10-9(8(3)4)11(16-12)15-6-14-10/h6-8H,5,12H2,1-4H3,(H2,13,14,15,16). The van der Waals surface area contributed by atoms with E-state index in [1.807, 2.05) is 0 Å². The van der Waals surface area contributed by atoms with E-state index in [-0.39, 0.29) is 0 Å². The van der Waals surface area contributed by atoms with Crippen LogP contribution in [-0.4, -0.2) is 16.5 Å². The number of nitrogens with one attached hydrogen (secondary N) is 2. The lowest BCUT2D eigenvalue weighted by molar-refractivity contribution is 0.684. The smallest absolute Gasteiger partial charge is 0.148 e. The van der Waals surface area contributed by atoms with Gasteiger partial charge in [-0.15, -0.1) is 0 Å². The fourth-order valence-electron chi connectivity index (χ4n) is 1.50. The molecule has 16 heavy (non-hydrogen) atoms.